The third-order valence-electron chi connectivity index (χ3n) is 4.89. The standard InChI is InChI=1S/C17H26N2O/c1-12-8-14-15(9-17(2,3)10-16(14)20)19(12)13-6-5-7-18(4)11-13/h8,13H,5-7,9-11H2,1-4H3. The molecule has 2 aliphatic rings. The molecule has 1 fully saturated rings. The number of ketones is 1. The lowest BCUT2D eigenvalue weighted by Crippen LogP contribution is -2.36. The number of nitrogens with zero attached hydrogens (tertiary/aromatic N) is 2. The minimum absolute atomic E-state index is 0.104. The Morgan fingerprint density at radius 2 is 2.05 bits per heavy atom. The van der Waals surface area contributed by atoms with Gasteiger partial charge in [0.15, 0.2) is 5.78 Å². The van der Waals surface area contributed by atoms with E-state index < -0.39 is 0 Å². The van der Waals surface area contributed by atoms with Crippen LogP contribution in [-0.2, 0) is 6.42 Å². The maximum absolute atomic E-state index is 12.4. The van der Waals surface area contributed by atoms with Crippen molar-refractivity contribution in [2.24, 2.45) is 5.41 Å². The molecule has 3 heteroatoms. The Balaban J connectivity index is 2.02. The molecule has 1 aromatic rings. The highest BCUT2D eigenvalue weighted by Gasteiger charge is 2.35. The van der Waals surface area contributed by atoms with Gasteiger partial charge in [-0.2, -0.15) is 0 Å². The minimum atomic E-state index is 0.104. The lowest BCUT2D eigenvalue weighted by Gasteiger charge is -2.35. The molecule has 0 amide bonds. The molecular weight excluding hydrogens is 248 g/mol. The first-order valence-electron chi connectivity index (χ1n) is 7.80. The van der Waals surface area contributed by atoms with Crippen molar-refractivity contribution in [2.45, 2.75) is 52.5 Å². The second-order valence-electron chi connectivity index (χ2n) is 7.52. The first-order chi connectivity index (χ1) is 9.37. The highest BCUT2D eigenvalue weighted by Crippen LogP contribution is 2.38. The molecule has 1 aliphatic carbocycles. The maximum atomic E-state index is 12.4. The molecule has 20 heavy (non-hydrogen) atoms. The first-order valence-corrected chi connectivity index (χ1v) is 7.80. The van der Waals surface area contributed by atoms with E-state index in [2.05, 4.69) is 43.4 Å². The van der Waals surface area contributed by atoms with Gasteiger partial charge in [-0.1, -0.05) is 13.8 Å². The van der Waals surface area contributed by atoms with E-state index in [9.17, 15) is 4.79 Å². The quantitative estimate of drug-likeness (QED) is 0.785. The molecule has 3 rings (SSSR count). The van der Waals surface area contributed by atoms with Crippen LogP contribution >= 0.6 is 0 Å². The van der Waals surface area contributed by atoms with Gasteiger partial charge in [-0.05, 0) is 51.3 Å². The lowest BCUT2D eigenvalue weighted by atomic mass is 9.76. The molecule has 1 atom stereocenters. The van der Waals surface area contributed by atoms with Gasteiger partial charge in [0.05, 0.1) is 0 Å². The molecule has 0 spiro atoms. The van der Waals surface area contributed by atoms with Crippen molar-refractivity contribution in [3.8, 4) is 0 Å². The van der Waals surface area contributed by atoms with Crippen molar-refractivity contribution in [1.82, 2.24) is 9.47 Å². The number of aryl methyl sites for hydroxylation is 1. The van der Waals surface area contributed by atoms with E-state index in [-0.39, 0.29) is 5.41 Å². The molecule has 0 radical (unpaired) electrons. The summed E-state index contributed by atoms with van der Waals surface area (Å²) in [6.07, 6.45) is 4.21. The number of aromatic nitrogens is 1. The fourth-order valence-electron chi connectivity index (χ4n) is 4.03. The van der Waals surface area contributed by atoms with Gasteiger partial charge >= 0.3 is 0 Å². The van der Waals surface area contributed by atoms with Gasteiger partial charge in [-0.25, -0.2) is 0 Å². The molecule has 0 bridgehead atoms. The molecule has 1 aliphatic heterocycles. The number of likely N-dealkylation sites (N-methyl/N-ethyl adjacent to an activating group) is 1. The fourth-order valence-corrected chi connectivity index (χ4v) is 4.03. The Bertz CT molecular complexity index is 541. The predicted molar refractivity (Wildman–Crippen MR) is 81.4 cm³/mol. The molecule has 1 saturated heterocycles. The first kappa shape index (κ1) is 13.9. The van der Waals surface area contributed by atoms with E-state index >= 15 is 0 Å². The Morgan fingerprint density at radius 1 is 1.30 bits per heavy atom. The Morgan fingerprint density at radius 3 is 2.75 bits per heavy atom. The number of hydrogen-bond acceptors (Lipinski definition) is 2. The number of hydrogen-bond donors (Lipinski definition) is 0. The third kappa shape index (κ3) is 2.32. The zero-order chi connectivity index (χ0) is 14.5. The molecule has 0 aromatic carbocycles. The van der Waals surface area contributed by atoms with E-state index in [0.717, 1.165) is 18.5 Å². The van der Waals surface area contributed by atoms with Gasteiger partial charge in [0.1, 0.15) is 0 Å². The summed E-state index contributed by atoms with van der Waals surface area (Å²) in [6, 6.07) is 2.67. The second kappa shape index (κ2) is 4.73. The van der Waals surface area contributed by atoms with Crippen LogP contribution < -0.4 is 0 Å². The molecule has 1 aromatic heterocycles. The second-order valence-corrected chi connectivity index (χ2v) is 7.52. The van der Waals surface area contributed by atoms with Gasteiger partial charge in [-0.3, -0.25) is 4.79 Å². The highest BCUT2D eigenvalue weighted by molar-refractivity contribution is 5.99. The Hall–Kier alpha value is -1.09. The van der Waals surface area contributed by atoms with Crippen LogP contribution in [-0.4, -0.2) is 35.4 Å². The zero-order valence-electron chi connectivity index (χ0n) is 13.2. The topological polar surface area (TPSA) is 25.2 Å². The number of carbonyl (C=O) groups excluding carboxylic acids is 1. The molecular formula is C17H26N2O. The average Bonchev–Trinajstić information content (AvgIpc) is 2.64. The molecule has 3 nitrogen and oxygen atoms in total. The number of Topliss-reactive ketones (excluding diaryl/α,β-unsaturated/α-hetero) is 1. The summed E-state index contributed by atoms with van der Waals surface area (Å²) in [5, 5.41) is 0. The van der Waals surface area contributed by atoms with Crippen LogP contribution in [0.3, 0.4) is 0 Å². The molecule has 2 heterocycles. The number of rotatable bonds is 1. The van der Waals surface area contributed by atoms with E-state index in [1.807, 2.05) is 0 Å². The predicted octanol–water partition coefficient (Wildman–Crippen LogP) is 3.22. The number of carbonyl (C=O) groups is 1. The molecule has 110 valence electrons. The van der Waals surface area contributed by atoms with Gasteiger partial charge < -0.3 is 9.47 Å². The van der Waals surface area contributed by atoms with Crippen LogP contribution in [0.1, 0.15) is 60.9 Å². The minimum Gasteiger partial charge on any atom is -0.344 e. The summed E-state index contributed by atoms with van der Waals surface area (Å²) in [5.74, 6) is 0.335. The van der Waals surface area contributed by atoms with E-state index in [4.69, 9.17) is 0 Å². The summed E-state index contributed by atoms with van der Waals surface area (Å²) >= 11 is 0. The molecule has 0 N–H and O–H groups in total. The number of likely N-dealkylation sites (tertiary alicyclic amines) is 1. The van der Waals surface area contributed by atoms with Gasteiger partial charge in [0.25, 0.3) is 0 Å². The third-order valence-corrected chi connectivity index (χ3v) is 4.89. The fraction of sp³-hybridized carbons (Fsp3) is 0.706. The van der Waals surface area contributed by atoms with Crippen LogP contribution in [0.5, 0.6) is 0 Å². The number of piperidine rings is 1. The van der Waals surface area contributed by atoms with Gasteiger partial charge in [-0.15, -0.1) is 0 Å². The van der Waals surface area contributed by atoms with Gasteiger partial charge in [0, 0.05) is 36.0 Å². The monoisotopic (exact) mass is 274 g/mol. The summed E-state index contributed by atoms with van der Waals surface area (Å²) in [6.45, 7) is 8.90. The molecule has 1 unspecified atom stereocenters. The summed E-state index contributed by atoms with van der Waals surface area (Å²) in [7, 11) is 2.20. The van der Waals surface area contributed by atoms with Crippen LogP contribution in [0.25, 0.3) is 0 Å². The Kier molecular flexibility index (Phi) is 3.28. The Labute approximate surface area is 122 Å². The van der Waals surface area contributed by atoms with Gasteiger partial charge in [0.2, 0.25) is 0 Å². The van der Waals surface area contributed by atoms with Crippen LogP contribution in [0.4, 0.5) is 0 Å². The maximum Gasteiger partial charge on any atom is 0.165 e. The van der Waals surface area contributed by atoms with Crippen molar-refractivity contribution in [3.63, 3.8) is 0 Å². The van der Waals surface area contributed by atoms with E-state index in [1.54, 1.807) is 0 Å². The largest absolute Gasteiger partial charge is 0.344 e. The average molecular weight is 274 g/mol. The zero-order valence-corrected chi connectivity index (χ0v) is 13.2. The van der Waals surface area contributed by atoms with E-state index in [1.165, 1.54) is 30.8 Å². The summed E-state index contributed by atoms with van der Waals surface area (Å²) in [4.78, 5) is 14.8. The smallest absolute Gasteiger partial charge is 0.165 e. The number of fused-ring (bicyclic) bond motifs is 1. The van der Waals surface area contributed by atoms with Crippen molar-refractivity contribution in [1.29, 1.82) is 0 Å². The summed E-state index contributed by atoms with van der Waals surface area (Å²) in [5.41, 5.74) is 3.66. The van der Waals surface area contributed by atoms with Crippen LogP contribution in [0.2, 0.25) is 0 Å². The van der Waals surface area contributed by atoms with Crippen molar-refractivity contribution in [2.75, 3.05) is 20.1 Å². The lowest BCUT2D eigenvalue weighted by molar-refractivity contribution is 0.0908. The highest BCUT2D eigenvalue weighted by atomic mass is 16.1. The van der Waals surface area contributed by atoms with Crippen molar-refractivity contribution < 1.29 is 4.79 Å². The molecule has 0 saturated carbocycles. The van der Waals surface area contributed by atoms with Crippen LogP contribution in [0.15, 0.2) is 6.07 Å². The van der Waals surface area contributed by atoms with Crippen molar-refractivity contribution in [3.05, 3.63) is 23.0 Å². The van der Waals surface area contributed by atoms with Crippen LogP contribution in [0, 0.1) is 12.3 Å². The SMILES string of the molecule is Cc1cc2c(n1C1CCCN(C)C1)CC(C)(C)CC2=O. The summed E-state index contributed by atoms with van der Waals surface area (Å²) < 4.78 is 2.48. The normalized spacial score (nSPS) is 26.6. The van der Waals surface area contributed by atoms with Crippen molar-refractivity contribution >= 4 is 5.78 Å². The van der Waals surface area contributed by atoms with E-state index in [0.29, 0.717) is 18.2 Å².